The molecular weight excluding hydrogens is 284 g/mol. The minimum absolute atomic E-state index is 0.163. The largest absolute Gasteiger partial charge is 0.350 e. The number of amides is 3. The minimum Gasteiger partial charge on any atom is -0.350 e. The van der Waals surface area contributed by atoms with Crippen LogP contribution in [0.1, 0.15) is 19.3 Å². The van der Waals surface area contributed by atoms with E-state index >= 15 is 0 Å². The van der Waals surface area contributed by atoms with E-state index in [1.54, 1.807) is 0 Å². The quantitative estimate of drug-likeness (QED) is 0.688. The summed E-state index contributed by atoms with van der Waals surface area (Å²) in [6.07, 6.45) is 8.39. The van der Waals surface area contributed by atoms with E-state index < -0.39 is 12.0 Å². The van der Waals surface area contributed by atoms with Crippen molar-refractivity contribution in [3.63, 3.8) is 0 Å². The molecule has 0 saturated carbocycles. The first-order valence-corrected chi connectivity index (χ1v) is 7.19. The van der Waals surface area contributed by atoms with E-state index in [4.69, 9.17) is 5.26 Å². The molecule has 1 aliphatic carbocycles. The molecule has 0 aromatic carbocycles. The third-order valence-electron chi connectivity index (χ3n) is 3.74. The monoisotopic (exact) mass is 302 g/mol. The lowest BCUT2D eigenvalue weighted by Crippen LogP contribution is -2.41. The van der Waals surface area contributed by atoms with Crippen molar-refractivity contribution in [1.29, 1.82) is 5.26 Å². The first kappa shape index (κ1) is 15.8. The molecule has 116 valence electrons. The van der Waals surface area contributed by atoms with Crippen molar-refractivity contribution in [3.8, 4) is 6.07 Å². The molecule has 0 aromatic heterocycles. The number of carbonyl (C=O) groups is 3. The Balaban J connectivity index is 1.95. The second-order valence-electron chi connectivity index (χ2n) is 5.25. The van der Waals surface area contributed by atoms with E-state index in [9.17, 15) is 14.4 Å². The molecule has 7 heteroatoms. The maximum Gasteiger partial charge on any atom is 0.243 e. The molecular formula is C15H18N4O3. The highest BCUT2D eigenvalue weighted by Gasteiger charge is 2.38. The maximum absolute atomic E-state index is 12.3. The number of hydrogen-bond acceptors (Lipinski definition) is 4. The molecule has 2 N–H and O–H groups in total. The van der Waals surface area contributed by atoms with Crippen molar-refractivity contribution in [1.82, 2.24) is 15.5 Å². The van der Waals surface area contributed by atoms with E-state index in [1.807, 2.05) is 24.3 Å². The summed E-state index contributed by atoms with van der Waals surface area (Å²) in [7, 11) is 0. The number of nitrogens with one attached hydrogen (secondary N) is 2. The zero-order valence-corrected chi connectivity index (χ0v) is 12.1. The van der Waals surface area contributed by atoms with Crippen LogP contribution in [0, 0.1) is 17.2 Å². The van der Waals surface area contributed by atoms with Gasteiger partial charge in [0.25, 0.3) is 0 Å². The lowest BCUT2D eigenvalue weighted by molar-refractivity contribution is -0.131. The zero-order chi connectivity index (χ0) is 15.9. The summed E-state index contributed by atoms with van der Waals surface area (Å²) in [6, 6.07) is 1.41. The summed E-state index contributed by atoms with van der Waals surface area (Å²) < 4.78 is 0. The fourth-order valence-corrected chi connectivity index (χ4v) is 2.60. The number of likely N-dealkylation sites (tertiary alicyclic amines) is 1. The number of hydrogen-bond donors (Lipinski definition) is 2. The van der Waals surface area contributed by atoms with E-state index in [-0.39, 0.29) is 24.9 Å². The average Bonchev–Trinajstić information content (AvgIpc) is 2.98. The van der Waals surface area contributed by atoms with Crippen molar-refractivity contribution in [3.05, 3.63) is 23.9 Å². The summed E-state index contributed by atoms with van der Waals surface area (Å²) in [5, 5.41) is 14.2. The molecule has 1 heterocycles. The highest BCUT2D eigenvalue weighted by molar-refractivity contribution is 5.85. The highest BCUT2D eigenvalue weighted by atomic mass is 16.2. The van der Waals surface area contributed by atoms with Crippen LogP contribution in [0.3, 0.4) is 0 Å². The molecule has 2 aliphatic rings. The van der Waals surface area contributed by atoms with Gasteiger partial charge < -0.3 is 15.5 Å². The van der Waals surface area contributed by atoms with Crippen molar-refractivity contribution < 1.29 is 14.4 Å². The number of nitriles is 1. The lowest BCUT2D eigenvalue weighted by Gasteiger charge is -2.19. The van der Waals surface area contributed by atoms with E-state index in [2.05, 4.69) is 10.6 Å². The van der Waals surface area contributed by atoms with Gasteiger partial charge in [-0.2, -0.15) is 5.26 Å². The predicted octanol–water partition coefficient (Wildman–Crippen LogP) is -0.177. The van der Waals surface area contributed by atoms with Crippen molar-refractivity contribution in [2.45, 2.75) is 25.3 Å². The van der Waals surface area contributed by atoms with Crippen LogP contribution in [0.4, 0.5) is 0 Å². The topological polar surface area (TPSA) is 102 Å². The molecule has 1 saturated heterocycles. The molecule has 22 heavy (non-hydrogen) atoms. The van der Waals surface area contributed by atoms with Gasteiger partial charge in [0.05, 0.1) is 18.5 Å². The summed E-state index contributed by atoms with van der Waals surface area (Å²) >= 11 is 0. The van der Waals surface area contributed by atoms with Crippen LogP contribution in [0.5, 0.6) is 0 Å². The molecule has 2 rings (SSSR count). The van der Waals surface area contributed by atoms with Gasteiger partial charge in [0.15, 0.2) is 0 Å². The van der Waals surface area contributed by atoms with Crippen LogP contribution in [0.15, 0.2) is 23.9 Å². The Morgan fingerprint density at radius 3 is 2.91 bits per heavy atom. The summed E-state index contributed by atoms with van der Waals surface area (Å²) in [5.41, 5.74) is 0.761. The maximum atomic E-state index is 12.3. The molecule has 0 radical (unpaired) electrons. The summed E-state index contributed by atoms with van der Waals surface area (Å²) in [4.78, 5) is 35.8. The van der Waals surface area contributed by atoms with Gasteiger partial charge in [0, 0.05) is 12.2 Å². The van der Waals surface area contributed by atoms with Gasteiger partial charge in [0.1, 0.15) is 6.04 Å². The zero-order valence-electron chi connectivity index (χ0n) is 12.1. The predicted molar refractivity (Wildman–Crippen MR) is 77.9 cm³/mol. The molecule has 2 atom stereocenters. The van der Waals surface area contributed by atoms with Gasteiger partial charge in [-0.3, -0.25) is 14.4 Å². The third kappa shape index (κ3) is 3.73. The fourth-order valence-electron chi connectivity index (χ4n) is 2.60. The molecule has 1 aliphatic heterocycles. The van der Waals surface area contributed by atoms with Crippen LogP contribution in [0.2, 0.25) is 0 Å². The Kier molecular flexibility index (Phi) is 5.31. The van der Waals surface area contributed by atoms with Crippen LogP contribution in [-0.4, -0.2) is 42.3 Å². The Labute approximate surface area is 128 Å². The van der Waals surface area contributed by atoms with E-state index in [1.165, 1.54) is 4.90 Å². The van der Waals surface area contributed by atoms with Crippen molar-refractivity contribution in [2.75, 3.05) is 13.1 Å². The average molecular weight is 302 g/mol. The molecule has 2 unspecified atom stereocenters. The second-order valence-corrected chi connectivity index (χ2v) is 5.25. The molecule has 1 fully saturated rings. The third-order valence-corrected chi connectivity index (χ3v) is 3.74. The summed E-state index contributed by atoms with van der Waals surface area (Å²) in [6.45, 7) is 0.0321. The first-order valence-electron chi connectivity index (χ1n) is 7.19. The normalized spacial score (nSPS) is 23.4. The van der Waals surface area contributed by atoms with Crippen LogP contribution < -0.4 is 10.6 Å². The second kappa shape index (κ2) is 7.41. The smallest absolute Gasteiger partial charge is 0.243 e. The van der Waals surface area contributed by atoms with E-state index in [0.29, 0.717) is 12.8 Å². The summed E-state index contributed by atoms with van der Waals surface area (Å²) in [5.74, 6) is -0.955. The standard InChI is InChI=1S/C15H18N4O3/c16-7-13-6-11(9-19(13)14(21)8-17-10-20)15(22)18-12-4-2-1-3-5-12/h2,4-5,10-11,13H,1,3,6,8-9H2,(H,17,20)(H,18,22). The number of rotatable bonds is 5. The minimum atomic E-state index is -0.632. The molecule has 7 nitrogen and oxygen atoms in total. The molecule has 0 bridgehead atoms. The van der Waals surface area contributed by atoms with Gasteiger partial charge in [0.2, 0.25) is 18.2 Å². The Hall–Kier alpha value is -2.62. The molecule has 0 spiro atoms. The van der Waals surface area contributed by atoms with Gasteiger partial charge in [-0.05, 0) is 25.3 Å². The van der Waals surface area contributed by atoms with Crippen molar-refractivity contribution in [2.24, 2.45) is 5.92 Å². The number of carbonyl (C=O) groups excluding carboxylic acids is 3. The highest BCUT2D eigenvalue weighted by Crippen LogP contribution is 2.23. The molecule has 3 amide bonds. The first-order chi connectivity index (χ1) is 10.7. The van der Waals surface area contributed by atoms with Gasteiger partial charge in [-0.15, -0.1) is 0 Å². The Morgan fingerprint density at radius 2 is 2.27 bits per heavy atom. The number of allylic oxidation sites excluding steroid dienone is 3. The van der Waals surface area contributed by atoms with E-state index in [0.717, 1.165) is 18.5 Å². The SMILES string of the molecule is N#CC1CC(C(=O)NC2=CCCC=C2)CN1C(=O)CNC=O. The Morgan fingerprint density at radius 1 is 1.45 bits per heavy atom. The van der Waals surface area contributed by atoms with Crippen LogP contribution >= 0.6 is 0 Å². The number of nitrogens with zero attached hydrogens (tertiary/aromatic N) is 2. The van der Waals surface area contributed by atoms with Crippen molar-refractivity contribution >= 4 is 18.2 Å². The van der Waals surface area contributed by atoms with Gasteiger partial charge in [-0.1, -0.05) is 12.2 Å². The van der Waals surface area contributed by atoms with Gasteiger partial charge >= 0.3 is 0 Å². The molecule has 0 aromatic rings. The Bertz CT molecular complexity index is 562. The van der Waals surface area contributed by atoms with Crippen LogP contribution in [0.25, 0.3) is 0 Å². The van der Waals surface area contributed by atoms with Crippen LogP contribution in [-0.2, 0) is 14.4 Å². The lowest BCUT2D eigenvalue weighted by atomic mass is 10.0. The fraction of sp³-hybridized carbons (Fsp3) is 0.467. The van der Waals surface area contributed by atoms with Gasteiger partial charge in [-0.25, -0.2) is 0 Å².